The molecule has 2 atom stereocenters. The number of amides is 1. The van der Waals surface area contributed by atoms with E-state index < -0.39 is 23.8 Å². The van der Waals surface area contributed by atoms with Gasteiger partial charge in [-0.1, -0.05) is 17.7 Å². The highest BCUT2D eigenvalue weighted by molar-refractivity contribution is 6.31. The molecule has 2 aromatic rings. The summed E-state index contributed by atoms with van der Waals surface area (Å²) in [6.45, 7) is 2.47. The Balaban J connectivity index is 1.88. The van der Waals surface area contributed by atoms with E-state index in [4.69, 9.17) is 16.3 Å². The standard InChI is InChI=1S/C22H23ClF3N3O3/c1-2-32-19(30)11-13-8-9-27-17(10-13)20-16(6-7-18(29-20)22(24,25)26)28-21(31)14-4-3-5-15(23)12-14/h3-7,12-13,17,27H,2,8-11H2,1H3,(H,28,31). The highest BCUT2D eigenvalue weighted by Gasteiger charge is 2.35. The number of aromatic nitrogens is 1. The summed E-state index contributed by atoms with van der Waals surface area (Å²) in [5, 5.41) is 6.16. The second kappa shape index (κ2) is 10.3. The zero-order chi connectivity index (χ0) is 23.3. The maximum atomic E-state index is 13.3. The molecule has 1 aromatic carbocycles. The molecule has 1 fully saturated rings. The van der Waals surface area contributed by atoms with E-state index in [0.717, 1.165) is 6.07 Å². The Kier molecular flexibility index (Phi) is 7.73. The van der Waals surface area contributed by atoms with Gasteiger partial charge in [-0.15, -0.1) is 0 Å². The van der Waals surface area contributed by atoms with Crippen LogP contribution in [0.15, 0.2) is 36.4 Å². The first kappa shape index (κ1) is 24.0. The summed E-state index contributed by atoms with van der Waals surface area (Å²) < 4.78 is 45.0. The largest absolute Gasteiger partial charge is 0.466 e. The number of ether oxygens (including phenoxy) is 1. The lowest BCUT2D eigenvalue weighted by molar-refractivity contribution is -0.144. The van der Waals surface area contributed by atoms with Gasteiger partial charge in [-0.25, -0.2) is 4.98 Å². The zero-order valence-corrected chi connectivity index (χ0v) is 18.1. The molecule has 2 unspecified atom stereocenters. The van der Waals surface area contributed by atoms with Crippen LogP contribution in [0.25, 0.3) is 0 Å². The number of hydrogen-bond acceptors (Lipinski definition) is 5. The predicted octanol–water partition coefficient (Wildman–Crippen LogP) is 5.00. The third kappa shape index (κ3) is 6.20. The van der Waals surface area contributed by atoms with Crippen LogP contribution in [0.4, 0.5) is 18.9 Å². The molecular weight excluding hydrogens is 447 g/mol. The van der Waals surface area contributed by atoms with Crippen LogP contribution in [-0.4, -0.2) is 30.0 Å². The van der Waals surface area contributed by atoms with Crippen LogP contribution < -0.4 is 10.6 Å². The van der Waals surface area contributed by atoms with Crippen LogP contribution in [0, 0.1) is 5.92 Å². The van der Waals surface area contributed by atoms with E-state index in [1.54, 1.807) is 25.1 Å². The van der Waals surface area contributed by atoms with Crippen molar-refractivity contribution in [1.82, 2.24) is 10.3 Å². The maximum Gasteiger partial charge on any atom is 0.433 e. The van der Waals surface area contributed by atoms with E-state index >= 15 is 0 Å². The molecule has 6 nitrogen and oxygen atoms in total. The fourth-order valence-corrected chi connectivity index (χ4v) is 3.86. The first-order chi connectivity index (χ1) is 15.2. The third-order valence-corrected chi connectivity index (χ3v) is 5.39. The van der Waals surface area contributed by atoms with Crippen molar-refractivity contribution in [3.8, 4) is 0 Å². The van der Waals surface area contributed by atoms with Gasteiger partial charge in [0.15, 0.2) is 0 Å². The van der Waals surface area contributed by atoms with Gasteiger partial charge in [0, 0.05) is 17.0 Å². The minimum atomic E-state index is -4.64. The number of esters is 1. The van der Waals surface area contributed by atoms with Crippen LogP contribution in [0.2, 0.25) is 5.02 Å². The fourth-order valence-electron chi connectivity index (χ4n) is 3.67. The van der Waals surface area contributed by atoms with Gasteiger partial charge in [-0.3, -0.25) is 9.59 Å². The normalized spacial score (nSPS) is 18.8. The summed E-state index contributed by atoms with van der Waals surface area (Å²) in [4.78, 5) is 28.4. The molecule has 0 aliphatic carbocycles. The lowest BCUT2D eigenvalue weighted by Gasteiger charge is -2.31. The van der Waals surface area contributed by atoms with Gasteiger partial charge < -0.3 is 15.4 Å². The van der Waals surface area contributed by atoms with E-state index in [2.05, 4.69) is 15.6 Å². The average molecular weight is 470 g/mol. The summed E-state index contributed by atoms with van der Waals surface area (Å²) in [6, 6.07) is 7.68. The van der Waals surface area contributed by atoms with Gasteiger partial charge >= 0.3 is 12.1 Å². The number of carbonyl (C=O) groups is 2. The van der Waals surface area contributed by atoms with Crippen molar-refractivity contribution in [1.29, 1.82) is 0 Å². The number of carbonyl (C=O) groups excluding carboxylic acids is 2. The Labute approximate surface area is 188 Å². The van der Waals surface area contributed by atoms with E-state index in [1.165, 1.54) is 12.1 Å². The summed E-state index contributed by atoms with van der Waals surface area (Å²) in [6.07, 6.45) is -3.40. The maximum absolute atomic E-state index is 13.3. The van der Waals surface area contributed by atoms with Crippen molar-refractivity contribution >= 4 is 29.2 Å². The second-order valence-electron chi connectivity index (χ2n) is 7.50. The molecular formula is C22H23ClF3N3O3. The summed E-state index contributed by atoms with van der Waals surface area (Å²) in [5.41, 5.74) is -0.552. The van der Waals surface area contributed by atoms with Crippen LogP contribution in [0.5, 0.6) is 0 Å². The van der Waals surface area contributed by atoms with Crippen molar-refractivity contribution in [2.45, 2.75) is 38.4 Å². The fraction of sp³-hybridized carbons (Fsp3) is 0.409. The molecule has 1 saturated heterocycles. The lowest BCUT2D eigenvalue weighted by Crippen LogP contribution is -2.34. The van der Waals surface area contributed by atoms with Crippen molar-refractivity contribution in [3.63, 3.8) is 0 Å². The molecule has 1 aliphatic heterocycles. The van der Waals surface area contributed by atoms with Crippen molar-refractivity contribution in [2.24, 2.45) is 5.92 Å². The number of rotatable bonds is 6. The molecule has 1 aliphatic rings. The first-order valence-corrected chi connectivity index (χ1v) is 10.6. The Bertz CT molecular complexity index is 984. The summed E-state index contributed by atoms with van der Waals surface area (Å²) >= 11 is 5.93. The highest BCUT2D eigenvalue weighted by atomic mass is 35.5. The predicted molar refractivity (Wildman–Crippen MR) is 113 cm³/mol. The SMILES string of the molecule is CCOC(=O)CC1CCNC(c2nc(C(F)(F)F)ccc2NC(=O)c2cccc(Cl)c2)C1. The van der Waals surface area contributed by atoms with Gasteiger partial charge in [0.1, 0.15) is 5.69 Å². The van der Waals surface area contributed by atoms with Crippen molar-refractivity contribution in [3.05, 3.63) is 58.4 Å². The van der Waals surface area contributed by atoms with Crippen LogP contribution >= 0.6 is 11.6 Å². The van der Waals surface area contributed by atoms with E-state index in [-0.39, 0.29) is 41.9 Å². The molecule has 2 N–H and O–H groups in total. The quantitative estimate of drug-likeness (QED) is 0.582. The summed E-state index contributed by atoms with van der Waals surface area (Å²) in [7, 11) is 0. The third-order valence-electron chi connectivity index (χ3n) is 5.15. The first-order valence-electron chi connectivity index (χ1n) is 10.2. The van der Waals surface area contributed by atoms with E-state index in [1.807, 2.05) is 0 Å². The minimum absolute atomic E-state index is 0.0729. The number of nitrogens with one attached hydrogen (secondary N) is 2. The Morgan fingerprint density at radius 2 is 2.06 bits per heavy atom. The smallest absolute Gasteiger partial charge is 0.433 e. The molecule has 0 saturated carbocycles. The molecule has 2 heterocycles. The van der Waals surface area contributed by atoms with E-state index in [9.17, 15) is 22.8 Å². The van der Waals surface area contributed by atoms with Crippen LogP contribution in [0.1, 0.15) is 54.0 Å². The Hall–Kier alpha value is -2.65. The number of nitrogens with zero attached hydrogens (tertiary/aromatic N) is 1. The number of alkyl halides is 3. The van der Waals surface area contributed by atoms with Gasteiger partial charge in [-0.05, 0) is 62.6 Å². The topological polar surface area (TPSA) is 80.3 Å². The molecule has 1 amide bonds. The van der Waals surface area contributed by atoms with Gasteiger partial charge in [-0.2, -0.15) is 13.2 Å². The van der Waals surface area contributed by atoms with Crippen molar-refractivity contribution in [2.75, 3.05) is 18.5 Å². The molecule has 172 valence electrons. The number of hydrogen-bond donors (Lipinski definition) is 2. The van der Waals surface area contributed by atoms with Crippen LogP contribution in [-0.2, 0) is 15.7 Å². The molecule has 10 heteroatoms. The van der Waals surface area contributed by atoms with Gasteiger partial charge in [0.25, 0.3) is 5.91 Å². The zero-order valence-electron chi connectivity index (χ0n) is 17.3. The number of halogens is 4. The van der Waals surface area contributed by atoms with Crippen LogP contribution in [0.3, 0.4) is 0 Å². The number of benzene rings is 1. The molecule has 1 aromatic heterocycles. The summed E-state index contributed by atoms with van der Waals surface area (Å²) in [5.74, 6) is -0.938. The number of anilines is 1. The van der Waals surface area contributed by atoms with Crippen molar-refractivity contribution < 1.29 is 27.5 Å². The average Bonchev–Trinajstić information content (AvgIpc) is 2.73. The Morgan fingerprint density at radius 3 is 2.75 bits per heavy atom. The molecule has 0 spiro atoms. The van der Waals surface area contributed by atoms with E-state index in [0.29, 0.717) is 24.4 Å². The molecule has 0 bridgehead atoms. The molecule has 3 rings (SSSR count). The Morgan fingerprint density at radius 1 is 1.28 bits per heavy atom. The van der Waals surface area contributed by atoms with Gasteiger partial charge in [0.2, 0.25) is 0 Å². The number of piperidine rings is 1. The second-order valence-corrected chi connectivity index (χ2v) is 7.93. The van der Waals surface area contributed by atoms with Gasteiger partial charge in [0.05, 0.1) is 24.0 Å². The monoisotopic (exact) mass is 469 g/mol. The number of pyridine rings is 1. The highest BCUT2D eigenvalue weighted by Crippen LogP contribution is 2.35. The molecule has 0 radical (unpaired) electrons. The molecule has 32 heavy (non-hydrogen) atoms. The minimum Gasteiger partial charge on any atom is -0.466 e. The lowest BCUT2D eigenvalue weighted by atomic mass is 9.88.